The maximum absolute atomic E-state index is 11.9. The van der Waals surface area contributed by atoms with Gasteiger partial charge >= 0.3 is 0 Å². The third-order valence-corrected chi connectivity index (χ3v) is 4.96. The smallest absolute Gasteiger partial charge is 0.220 e. The minimum atomic E-state index is 0.0767. The average Bonchev–Trinajstić information content (AvgIpc) is 3.07. The molecule has 1 aromatic carbocycles. The van der Waals surface area contributed by atoms with Crippen LogP contribution in [-0.2, 0) is 17.6 Å². The van der Waals surface area contributed by atoms with Crippen molar-refractivity contribution in [3.8, 4) is 11.5 Å². The van der Waals surface area contributed by atoms with Gasteiger partial charge in [-0.3, -0.25) is 4.79 Å². The minimum Gasteiger partial charge on any atom is -0.493 e. The van der Waals surface area contributed by atoms with Gasteiger partial charge in [0.25, 0.3) is 0 Å². The summed E-state index contributed by atoms with van der Waals surface area (Å²) in [5.74, 6) is 1.45. The number of carbonyl (C=O) groups excluding carboxylic acids is 1. The molecule has 4 nitrogen and oxygen atoms in total. The van der Waals surface area contributed by atoms with Crippen molar-refractivity contribution in [1.29, 1.82) is 0 Å². The van der Waals surface area contributed by atoms with Gasteiger partial charge in [0, 0.05) is 17.4 Å². The number of halogens is 1. The third-order valence-electron chi connectivity index (χ3n) is 3.49. The molecule has 0 aliphatic heterocycles. The van der Waals surface area contributed by atoms with Gasteiger partial charge in [0.15, 0.2) is 11.5 Å². The van der Waals surface area contributed by atoms with E-state index in [-0.39, 0.29) is 5.91 Å². The molecule has 0 fully saturated rings. The number of benzene rings is 1. The monoisotopic (exact) mass is 397 g/mol. The fraction of sp³-hybridized carbons (Fsp3) is 0.353. The van der Waals surface area contributed by atoms with Crippen LogP contribution in [0.2, 0.25) is 0 Å². The molecule has 0 bridgehead atoms. The zero-order chi connectivity index (χ0) is 16.7. The fourth-order valence-corrected chi connectivity index (χ4v) is 3.43. The zero-order valence-corrected chi connectivity index (χ0v) is 15.6. The van der Waals surface area contributed by atoms with Crippen LogP contribution in [0.5, 0.6) is 11.5 Å². The summed E-state index contributed by atoms with van der Waals surface area (Å²) in [5.41, 5.74) is 2.29. The highest BCUT2D eigenvalue weighted by Gasteiger charge is 2.10. The van der Waals surface area contributed by atoms with E-state index in [2.05, 4.69) is 32.7 Å². The number of ether oxygens (including phenoxy) is 2. The van der Waals surface area contributed by atoms with E-state index in [1.165, 1.54) is 5.56 Å². The van der Waals surface area contributed by atoms with Gasteiger partial charge in [-0.2, -0.15) is 11.3 Å². The van der Waals surface area contributed by atoms with Crippen molar-refractivity contribution in [3.63, 3.8) is 0 Å². The molecule has 1 aromatic heterocycles. The Bertz CT molecular complexity index is 644. The molecule has 23 heavy (non-hydrogen) atoms. The van der Waals surface area contributed by atoms with Crippen LogP contribution < -0.4 is 14.8 Å². The predicted octanol–water partition coefficient (Wildman–Crippen LogP) is 3.82. The summed E-state index contributed by atoms with van der Waals surface area (Å²) in [5, 5.41) is 7.07. The molecule has 1 amide bonds. The minimum absolute atomic E-state index is 0.0767. The van der Waals surface area contributed by atoms with E-state index in [1.807, 2.05) is 17.5 Å². The Morgan fingerprint density at radius 1 is 1.22 bits per heavy atom. The number of amides is 1. The van der Waals surface area contributed by atoms with Crippen molar-refractivity contribution in [1.82, 2.24) is 5.32 Å². The first-order valence-corrected chi connectivity index (χ1v) is 9.05. The SMILES string of the molecule is COc1cc(Br)c(CCNC(=O)CCc2ccsc2)cc1OC. The maximum atomic E-state index is 11.9. The summed E-state index contributed by atoms with van der Waals surface area (Å²) in [7, 11) is 3.22. The zero-order valence-electron chi connectivity index (χ0n) is 13.2. The van der Waals surface area contributed by atoms with Gasteiger partial charge in [0.1, 0.15) is 0 Å². The van der Waals surface area contributed by atoms with Crippen molar-refractivity contribution in [2.45, 2.75) is 19.3 Å². The highest BCUT2D eigenvalue weighted by molar-refractivity contribution is 9.10. The number of thiophene rings is 1. The summed E-state index contributed by atoms with van der Waals surface area (Å²) in [6.45, 7) is 0.594. The van der Waals surface area contributed by atoms with E-state index in [0.717, 1.165) is 22.9 Å². The molecule has 2 rings (SSSR count). The van der Waals surface area contributed by atoms with E-state index in [4.69, 9.17) is 9.47 Å². The van der Waals surface area contributed by atoms with Crippen molar-refractivity contribution in [2.75, 3.05) is 20.8 Å². The molecule has 0 aliphatic carbocycles. The lowest BCUT2D eigenvalue weighted by Crippen LogP contribution is -2.25. The number of hydrogen-bond donors (Lipinski definition) is 1. The first-order chi connectivity index (χ1) is 11.1. The van der Waals surface area contributed by atoms with Gasteiger partial charge in [-0.05, 0) is 52.9 Å². The van der Waals surface area contributed by atoms with E-state index in [9.17, 15) is 4.79 Å². The summed E-state index contributed by atoms with van der Waals surface area (Å²) in [6.07, 6.45) is 2.03. The van der Waals surface area contributed by atoms with Crippen molar-refractivity contribution in [3.05, 3.63) is 44.6 Å². The molecule has 0 unspecified atom stereocenters. The number of aryl methyl sites for hydroxylation is 1. The topological polar surface area (TPSA) is 47.6 Å². The summed E-state index contributed by atoms with van der Waals surface area (Å²) < 4.78 is 11.5. The molecule has 0 spiro atoms. The molecule has 0 radical (unpaired) electrons. The second-order valence-corrected chi connectivity index (χ2v) is 6.66. The number of rotatable bonds is 8. The lowest BCUT2D eigenvalue weighted by atomic mass is 10.1. The van der Waals surface area contributed by atoms with Crippen LogP contribution in [0, 0.1) is 0 Å². The predicted molar refractivity (Wildman–Crippen MR) is 96.6 cm³/mol. The molecule has 124 valence electrons. The molecule has 6 heteroatoms. The highest BCUT2D eigenvalue weighted by Crippen LogP contribution is 2.33. The maximum Gasteiger partial charge on any atom is 0.220 e. The quantitative estimate of drug-likeness (QED) is 0.736. The van der Waals surface area contributed by atoms with Crippen molar-refractivity contribution in [2.24, 2.45) is 0 Å². The van der Waals surface area contributed by atoms with E-state index < -0.39 is 0 Å². The van der Waals surface area contributed by atoms with Crippen LogP contribution in [0.3, 0.4) is 0 Å². The molecule has 0 saturated carbocycles. The molecular formula is C17H20BrNO3S. The molecular weight excluding hydrogens is 378 g/mol. The lowest BCUT2D eigenvalue weighted by molar-refractivity contribution is -0.121. The molecule has 0 atom stereocenters. The number of nitrogens with one attached hydrogen (secondary N) is 1. The first kappa shape index (κ1) is 17.8. The molecule has 0 saturated heterocycles. The van der Waals surface area contributed by atoms with Gasteiger partial charge in [0.05, 0.1) is 14.2 Å². The van der Waals surface area contributed by atoms with E-state index in [0.29, 0.717) is 24.5 Å². The van der Waals surface area contributed by atoms with Gasteiger partial charge < -0.3 is 14.8 Å². The van der Waals surface area contributed by atoms with Gasteiger partial charge in [-0.1, -0.05) is 15.9 Å². The summed E-state index contributed by atoms with van der Waals surface area (Å²) in [6, 6.07) is 5.87. The first-order valence-electron chi connectivity index (χ1n) is 7.32. The molecule has 1 heterocycles. The second kappa shape index (κ2) is 8.93. The Balaban J connectivity index is 1.82. The summed E-state index contributed by atoms with van der Waals surface area (Å²) in [4.78, 5) is 11.9. The van der Waals surface area contributed by atoms with Crippen LogP contribution in [0.15, 0.2) is 33.4 Å². The standard InChI is InChI=1S/C17H20BrNO3S/c1-21-15-9-13(14(18)10-16(15)22-2)5-7-19-17(20)4-3-12-6-8-23-11-12/h6,8-11H,3-5,7H2,1-2H3,(H,19,20). The fourth-order valence-electron chi connectivity index (χ4n) is 2.21. The van der Waals surface area contributed by atoms with E-state index in [1.54, 1.807) is 25.6 Å². The van der Waals surface area contributed by atoms with E-state index >= 15 is 0 Å². The number of methoxy groups -OCH3 is 2. The Morgan fingerprint density at radius 3 is 2.61 bits per heavy atom. The third kappa shape index (κ3) is 5.25. The molecule has 2 aromatic rings. The van der Waals surface area contributed by atoms with Gasteiger partial charge in [-0.25, -0.2) is 0 Å². The van der Waals surface area contributed by atoms with Crippen LogP contribution in [0.25, 0.3) is 0 Å². The number of carbonyl (C=O) groups is 1. The molecule has 0 aliphatic rings. The van der Waals surface area contributed by atoms with Crippen LogP contribution in [0.4, 0.5) is 0 Å². The van der Waals surface area contributed by atoms with Crippen LogP contribution >= 0.6 is 27.3 Å². The number of hydrogen-bond acceptors (Lipinski definition) is 4. The van der Waals surface area contributed by atoms with Gasteiger partial charge in [0.2, 0.25) is 5.91 Å². The second-order valence-electron chi connectivity index (χ2n) is 5.03. The van der Waals surface area contributed by atoms with Crippen molar-refractivity contribution < 1.29 is 14.3 Å². The Kier molecular flexibility index (Phi) is 6.92. The van der Waals surface area contributed by atoms with Crippen LogP contribution in [-0.4, -0.2) is 26.7 Å². The Labute approximate surface area is 148 Å². The van der Waals surface area contributed by atoms with Crippen molar-refractivity contribution >= 4 is 33.2 Å². The summed E-state index contributed by atoms with van der Waals surface area (Å²) >= 11 is 5.18. The Morgan fingerprint density at radius 2 is 1.96 bits per heavy atom. The molecule has 1 N–H and O–H groups in total. The normalized spacial score (nSPS) is 10.4. The average molecular weight is 398 g/mol. The lowest BCUT2D eigenvalue weighted by Gasteiger charge is -2.12. The largest absolute Gasteiger partial charge is 0.493 e. The van der Waals surface area contributed by atoms with Crippen LogP contribution in [0.1, 0.15) is 17.5 Å². The Hall–Kier alpha value is -1.53. The van der Waals surface area contributed by atoms with Gasteiger partial charge in [-0.15, -0.1) is 0 Å². The highest BCUT2D eigenvalue weighted by atomic mass is 79.9.